The second-order valence-electron chi connectivity index (χ2n) is 4.49. The molecule has 0 atom stereocenters. The first-order chi connectivity index (χ1) is 8.43. The van der Waals surface area contributed by atoms with Crippen LogP contribution in [0.15, 0.2) is 0 Å². The van der Waals surface area contributed by atoms with E-state index in [1.54, 1.807) is 6.92 Å². The number of aromatic nitrogens is 1. The van der Waals surface area contributed by atoms with Gasteiger partial charge in [-0.3, -0.25) is 0 Å². The van der Waals surface area contributed by atoms with Crippen LogP contribution < -0.4 is 5.32 Å². The summed E-state index contributed by atoms with van der Waals surface area (Å²) in [5.74, 6) is -6.35. The van der Waals surface area contributed by atoms with Gasteiger partial charge in [-0.05, 0) is 19.8 Å². The Kier molecular flexibility index (Phi) is 3.43. The highest BCUT2D eigenvalue weighted by molar-refractivity contribution is 5.47. The fourth-order valence-corrected chi connectivity index (χ4v) is 1.85. The molecule has 0 aliphatic carbocycles. The number of halogens is 4. The minimum Gasteiger partial charge on any atom is -0.381 e. The van der Waals surface area contributed by atoms with Crippen LogP contribution in [0.3, 0.4) is 0 Å². The molecule has 1 fully saturated rings. The van der Waals surface area contributed by atoms with E-state index in [4.69, 9.17) is 4.74 Å². The molecule has 0 unspecified atom stereocenters. The van der Waals surface area contributed by atoms with Gasteiger partial charge in [0, 0.05) is 18.8 Å². The number of hydrogen-bond acceptors (Lipinski definition) is 3. The van der Waals surface area contributed by atoms with Gasteiger partial charge in [0.05, 0.1) is 0 Å². The molecule has 0 amide bonds. The molecule has 0 saturated carbocycles. The molecule has 2 rings (SSSR count). The van der Waals surface area contributed by atoms with Gasteiger partial charge >= 0.3 is 0 Å². The fourth-order valence-electron chi connectivity index (χ4n) is 1.85. The summed E-state index contributed by atoms with van der Waals surface area (Å²) in [6.45, 7) is 2.55. The second-order valence-corrected chi connectivity index (χ2v) is 4.49. The summed E-state index contributed by atoms with van der Waals surface area (Å²) in [6, 6.07) is 0. The standard InChI is InChI=1S/C11H12F4N2O/c1-11(2-4-18-5-3-11)17-8-6(12)9(14)16-10(15)7(8)13/h2-5H2,1H3,(H,16,17). The third-order valence-corrected chi connectivity index (χ3v) is 3.02. The lowest BCUT2D eigenvalue weighted by Gasteiger charge is -2.35. The monoisotopic (exact) mass is 264 g/mol. The predicted octanol–water partition coefficient (Wildman–Crippen LogP) is 2.62. The van der Waals surface area contributed by atoms with Crippen LogP contribution in [0.2, 0.25) is 0 Å². The van der Waals surface area contributed by atoms with Crippen molar-refractivity contribution < 1.29 is 22.3 Å². The molecular weight excluding hydrogens is 252 g/mol. The van der Waals surface area contributed by atoms with E-state index in [1.165, 1.54) is 0 Å². The zero-order valence-corrected chi connectivity index (χ0v) is 9.70. The number of rotatable bonds is 2. The molecular formula is C11H12F4N2O. The van der Waals surface area contributed by atoms with E-state index in [-0.39, 0.29) is 0 Å². The maximum Gasteiger partial charge on any atom is 0.253 e. The quantitative estimate of drug-likeness (QED) is 0.658. The van der Waals surface area contributed by atoms with Crippen molar-refractivity contribution in [2.24, 2.45) is 0 Å². The Balaban J connectivity index is 2.33. The van der Waals surface area contributed by atoms with Crippen LogP contribution in [0.5, 0.6) is 0 Å². The van der Waals surface area contributed by atoms with Crippen molar-refractivity contribution in [3.8, 4) is 0 Å². The van der Waals surface area contributed by atoms with Gasteiger partial charge in [-0.15, -0.1) is 0 Å². The Morgan fingerprint density at radius 1 is 1.06 bits per heavy atom. The number of anilines is 1. The Labute approximate surface area is 101 Å². The molecule has 0 spiro atoms. The van der Waals surface area contributed by atoms with E-state index in [0.717, 1.165) is 0 Å². The molecule has 100 valence electrons. The lowest BCUT2D eigenvalue weighted by Crippen LogP contribution is -2.41. The molecule has 7 heteroatoms. The van der Waals surface area contributed by atoms with Crippen molar-refractivity contribution in [1.82, 2.24) is 4.98 Å². The molecule has 1 aromatic heterocycles. The Morgan fingerprint density at radius 3 is 2.06 bits per heavy atom. The molecule has 0 radical (unpaired) electrons. The Hall–Kier alpha value is -1.37. The average Bonchev–Trinajstić information content (AvgIpc) is 2.33. The normalized spacial score (nSPS) is 18.7. The summed E-state index contributed by atoms with van der Waals surface area (Å²) in [5.41, 5.74) is -1.48. The molecule has 2 heterocycles. The van der Waals surface area contributed by atoms with E-state index in [1.807, 2.05) is 0 Å². The number of nitrogens with one attached hydrogen (secondary N) is 1. The van der Waals surface area contributed by atoms with Crippen molar-refractivity contribution in [2.75, 3.05) is 18.5 Å². The van der Waals surface area contributed by atoms with Crippen LogP contribution in [0.25, 0.3) is 0 Å². The fraction of sp³-hybridized carbons (Fsp3) is 0.545. The SMILES string of the molecule is CC1(Nc2c(F)c(F)nc(F)c2F)CCOCC1. The summed E-state index contributed by atoms with van der Waals surface area (Å²) in [4.78, 5) is 2.50. The Morgan fingerprint density at radius 2 is 1.56 bits per heavy atom. The van der Waals surface area contributed by atoms with Crippen molar-refractivity contribution >= 4 is 5.69 Å². The molecule has 1 aromatic rings. The maximum atomic E-state index is 13.4. The van der Waals surface area contributed by atoms with E-state index in [2.05, 4.69) is 10.3 Å². The first-order valence-corrected chi connectivity index (χ1v) is 5.49. The molecule has 0 bridgehead atoms. The largest absolute Gasteiger partial charge is 0.381 e. The highest BCUT2D eigenvalue weighted by Crippen LogP contribution is 2.29. The summed E-state index contributed by atoms with van der Waals surface area (Å²) >= 11 is 0. The van der Waals surface area contributed by atoms with Gasteiger partial charge in [0.15, 0.2) is 0 Å². The van der Waals surface area contributed by atoms with E-state index in [0.29, 0.717) is 26.1 Å². The highest BCUT2D eigenvalue weighted by Gasteiger charge is 2.31. The molecule has 18 heavy (non-hydrogen) atoms. The number of hydrogen-bond donors (Lipinski definition) is 1. The van der Waals surface area contributed by atoms with Crippen LogP contribution in [-0.2, 0) is 4.74 Å². The maximum absolute atomic E-state index is 13.4. The molecule has 1 aliphatic heterocycles. The number of ether oxygens (including phenoxy) is 1. The van der Waals surface area contributed by atoms with Gasteiger partial charge in [0.2, 0.25) is 11.6 Å². The molecule has 1 aliphatic rings. The van der Waals surface area contributed by atoms with Gasteiger partial charge in [0.25, 0.3) is 11.9 Å². The summed E-state index contributed by atoms with van der Waals surface area (Å²) < 4.78 is 57.9. The Bertz CT molecular complexity index is 435. The van der Waals surface area contributed by atoms with Gasteiger partial charge in [-0.25, -0.2) is 0 Å². The molecule has 1 N–H and O–H groups in total. The highest BCUT2D eigenvalue weighted by atomic mass is 19.2. The van der Waals surface area contributed by atoms with Crippen LogP contribution in [0.1, 0.15) is 19.8 Å². The van der Waals surface area contributed by atoms with Crippen molar-refractivity contribution in [2.45, 2.75) is 25.3 Å². The molecule has 1 saturated heterocycles. The van der Waals surface area contributed by atoms with E-state index >= 15 is 0 Å². The zero-order valence-electron chi connectivity index (χ0n) is 9.70. The first-order valence-electron chi connectivity index (χ1n) is 5.49. The number of nitrogens with zero attached hydrogens (tertiary/aromatic N) is 1. The smallest absolute Gasteiger partial charge is 0.253 e. The minimum absolute atomic E-state index is 0.419. The summed E-state index contributed by atoms with van der Waals surface area (Å²) in [5, 5.41) is 2.53. The lowest BCUT2D eigenvalue weighted by molar-refractivity contribution is 0.0655. The summed E-state index contributed by atoms with van der Waals surface area (Å²) in [6.07, 6.45) is 0.967. The predicted molar refractivity (Wildman–Crippen MR) is 56.1 cm³/mol. The van der Waals surface area contributed by atoms with E-state index < -0.39 is 34.8 Å². The number of pyridine rings is 1. The van der Waals surface area contributed by atoms with E-state index in [9.17, 15) is 17.6 Å². The van der Waals surface area contributed by atoms with Gasteiger partial charge in [-0.1, -0.05) is 0 Å². The van der Waals surface area contributed by atoms with Crippen LogP contribution in [0, 0.1) is 23.5 Å². The summed E-state index contributed by atoms with van der Waals surface area (Å²) in [7, 11) is 0. The molecule has 0 aromatic carbocycles. The van der Waals surface area contributed by atoms with Gasteiger partial charge in [-0.2, -0.15) is 22.5 Å². The van der Waals surface area contributed by atoms with Crippen LogP contribution in [-0.4, -0.2) is 23.7 Å². The third-order valence-electron chi connectivity index (χ3n) is 3.02. The van der Waals surface area contributed by atoms with Crippen LogP contribution >= 0.6 is 0 Å². The van der Waals surface area contributed by atoms with Crippen molar-refractivity contribution in [3.63, 3.8) is 0 Å². The first kappa shape index (κ1) is 13.1. The van der Waals surface area contributed by atoms with Gasteiger partial charge < -0.3 is 10.1 Å². The second kappa shape index (κ2) is 4.72. The average molecular weight is 264 g/mol. The molecule has 3 nitrogen and oxygen atoms in total. The van der Waals surface area contributed by atoms with Crippen molar-refractivity contribution in [3.05, 3.63) is 23.5 Å². The van der Waals surface area contributed by atoms with Crippen LogP contribution in [0.4, 0.5) is 23.2 Å². The lowest BCUT2D eigenvalue weighted by atomic mass is 9.92. The minimum atomic E-state index is -1.66. The zero-order chi connectivity index (χ0) is 13.3. The van der Waals surface area contributed by atoms with Gasteiger partial charge in [0.1, 0.15) is 5.69 Å². The topological polar surface area (TPSA) is 34.2 Å². The van der Waals surface area contributed by atoms with Crippen molar-refractivity contribution in [1.29, 1.82) is 0 Å². The third kappa shape index (κ3) is 2.40.